The van der Waals surface area contributed by atoms with E-state index in [1.54, 1.807) is 7.11 Å². The van der Waals surface area contributed by atoms with E-state index in [4.69, 9.17) is 14.2 Å². The Balaban J connectivity index is 2.31. The molecule has 1 heterocycles. The van der Waals surface area contributed by atoms with Crippen LogP contribution in [0, 0.1) is 5.92 Å². The Bertz CT molecular complexity index is 287. The van der Waals surface area contributed by atoms with Gasteiger partial charge in [-0.05, 0) is 20.3 Å². The minimum Gasteiger partial charge on any atom is -0.382 e. The van der Waals surface area contributed by atoms with E-state index in [-0.39, 0.29) is 0 Å². The summed E-state index contributed by atoms with van der Waals surface area (Å²) in [5.74, 6) is 1.58. The van der Waals surface area contributed by atoms with Gasteiger partial charge in [-0.2, -0.15) is 0 Å². The van der Waals surface area contributed by atoms with Crippen molar-refractivity contribution in [3.8, 4) is 0 Å². The van der Waals surface area contributed by atoms with E-state index < -0.39 is 0 Å². The summed E-state index contributed by atoms with van der Waals surface area (Å²) < 4.78 is 15.9. The SMILES string of the molecule is CCNC(=NCCOCC)N1CCC(COCCOC)C1. The molecule has 0 spiro atoms. The molecule has 1 atom stereocenters. The maximum absolute atomic E-state index is 5.63. The molecule has 0 bridgehead atoms. The fraction of sp³-hybridized carbons (Fsp3) is 0.933. The number of guanidine groups is 1. The van der Waals surface area contributed by atoms with Crippen molar-refractivity contribution in [3.63, 3.8) is 0 Å². The first kappa shape index (κ1) is 18.2. The van der Waals surface area contributed by atoms with Gasteiger partial charge < -0.3 is 24.4 Å². The summed E-state index contributed by atoms with van der Waals surface area (Å²) in [5, 5.41) is 3.36. The molecule has 1 fully saturated rings. The van der Waals surface area contributed by atoms with Crippen molar-refractivity contribution in [1.29, 1.82) is 0 Å². The third-order valence-electron chi connectivity index (χ3n) is 3.41. The summed E-state index contributed by atoms with van der Waals surface area (Å²) >= 11 is 0. The van der Waals surface area contributed by atoms with Crippen LogP contribution in [-0.2, 0) is 14.2 Å². The Morgan fingerprint density at radius 2 is 2.10 bits per heavy atom. The highest BCUT2D eigenvalue weighted by Crippen LogP contribution is 2.16. The van der Waals surface area contributed by atoms with Gasteiger partial charge in [0.2, 0.25) is 0 Å². The Labute approximate surface area is 128 Å². The number of aliphatic imine (C=N–C) groups is 1. The van der Waals surface area contributed by atoms with E-state index in [0.29, 0.717) is 32.3 Å². The van der Waals surface area contributed by atoms with E-state index >= 15 is 0 Å². The summed E-state index contributed by atoms with van der Waals surface area (Å²) in [6.45, 7) is 11.3. The van der Waals surface area contributed by atoms with Gasteiger partial charge in [0.25, 0.3) is 0 Å². The van der Waals surface area contributed by atoms with Gasteiger partial charge in [-0.1, -0.05) is 0 Å². The van der Waals surface area contributed by atoms with Crippen LogP contribution in [0.1, 0.15) is 20.3 Å². The normalized spacial score (nSPS) is 19.3. The van der Waals surface area contributed by atoms with E-state index in [1.165, 1.54) is 0 Å². The summed E-state index contributed by atoms with van der Waals surface area (Å²) in [4.78, 5) is 6.94. The highest BCUT2D eigenvalue weighted by molar-refractivity contribution is 5.80. The zero-order valence-corrected chi connectivity index (χ0v) is 13.8. The second kappa shape index (κ2) is 11.8. The number of nitrogens with one attached hydrogen (secondary N) is 1. The zero-order valence-electron chi connectivity index (χ0n) is 13.8. The summed E-state index contributed by atoms with van der Waals surface area (Å²) in [7, 11) is 1.70. The number of likely N-dealkylation sites (tertiary alicyclic amines) is 1. The lowest BCUT2D eigenvalue weighted by atomic mass is 10.1. The van der Waals surface area contributed by atoms with Crippen LogP contribution in [0.25, 0.3) is 0 Å². The van der Waals surface area contributed by atoms with Crippen LogP contribution < -0.4 is 5.32 Å². The zero-order chi connectivity index (χ0) is 15.3. The maximum Gasteiger partial charge on any atom is 0.194 e. The Hall–Kier alpha value is -0.850. The van der Waals surface area contributed by atoms with Crippen LogP contribution in [-0.4, -0.2) is 77.2 Å². The molecule has 6 heteroatoms. The van der Waals surface area contributed by atoms with Gasteiger partial charge in [0.1, 0.15) is 0 Å². The number of rotatable bonds is 10. The van der Waals surface area contributed by atoms with Crippen LogP contribution in [0.3, 0.4) is 0 Å². The lowest BCUT2D eigenvalue weighted by Gasteiger charge is -2.21. The highest BCUT2D eigenvalue weighted by Gasteiger charge is 2.24. The molecule has 0 aromatic carbocycles. The van der Waals surface area contributed by atoms with Crippen molar-refractivity contribution in [3.05, 3.63) is 0 Å². The van der Waals surface area contributed by atoms with Crippen molar-refractivity contribution in [1.82, 2.24) is 10.2 Å². The largest absolute Gasteiger partial charge is 0.382 e. The molecule has 0 saturated carbocycles. The molecule has 1 rings (SSSR count). The van der Waals surface area contributed by atoms with Crippen LogP contribution in [0.2, 0.25) is 0 Å². The van der Waals surface area contributed by atoms with Crippen LogP contribution in [0.5, 0.6) is 0 Å². The Kier molecular flexibility index (Phi) is 10.2. The van der Waals surface area contributed by atoms with Crippen molar-refractivity contribution in [2.75, 3.05) is 66.3 Å². The van der Waals surface area contributed by atoms with Gasteiger partial charge in [-0.25, -0.2) is 0 Å². The second-order valence-electron chi connectivity index (χ2n) is 5.10. The standard InChI is InChI=1S/C15H31N3O3/c1-4-16-15(17-7-9-20-5-2)18-8-6-14(12-18)13-21-11-10-19-3/h14H,4-13H2,1-3H3,(H,16,17). The Morgan fingerprint density at radius 3 is 2.81 bits per heavy atom. The van der Waals surface area contributed by atoms with E-state index in [2.05, 4.69) is 22.1 Å². The summed E-state index contributed by atoms with van der Waals surface area (Å²) in [5.41, 5.74) is 0. The van der Waals surface area contributed by atoms with Gasteiger partial charge in [-0.3, -0.25) is 4.99 Å². The third-order valence-corrected chi connectivity index (χ3v) is 3.41. The fourth-order valence-electron chi connectivity index (χ4n) is 2.34. The van der Waals surface area contributed by atoms with Crippen molar-refractivity contribution < 1.29 is 14.2 Å². The fourth-order valence-corrected chi connectivity index (χ4v) is 2.34. The molecule has 124 valence electrons. The number of nitrogens with zero attached hydrogens (tertiary/aromatic N) is 2. The van der Waals surface area contributed by atoms with Crippen molar-refractivity contribution >= 4 is 5.96 Å². The molecular formula is C15H31N3O3. The van der Waals surface area contributed by atoms with E-state index in [9.17, 15) is 0 Å². The average molecular weight is 301 g/mol. The predicted octanol–water partition coefficient (Wildman–Crippen LogP) is 0.973. The monoisotopic (exact) mass is 301 g/mol. The summed E-state index contributed by atoms with van der Waals surface area (Å²) in [6, 6.07) is 0. The third kappa shape index (κ3) is 7.64. The molecule has 1 N–H and O–H groups in total. The van der Waals surface area contributed by atoms with Crippen LogP contribution in [0.4, 0.5) is 0 Å². The average Bonchev–Trinajstić information content (AvgIpc) is 2.96. The smallest absolute Gasteiger partial charge is 0.194 e. The lowest BCUT2D eigenvalue weighted by Crippen LogP contribution is -2.40. The van der Waals surface area contributed by atoms with E-state index in [1.807, 2.05) is 6.92 Å². The van der Waals surface area contributed by atoms with Gasteiger partial charge >= 0.3 is 0 Å². The summed E-state index contributed by atoms with van der Waals surface area (Å²) in [6.07, 6.45) is 1.16. The topological polar surface area (TPSA) is 55.3 Å². The first-order valence-corrected chi connectivity index (χ1v) is 7.99. The molecule has 6 nitrogen and oxygen atoms in total. The second-order valence-corrected chi connectivity index (χ2v) is 5.10. The van der Waals surface area contributed by atoms with Crippen LogP contribution >= 0.6 is 0 Å². The molecular weight excluding hydrogens is 270 g/mol. The molecule has 1 aliphatic heterocycles. The van der Waals surface area contributed by atoms with Crippen molar-refractivity contribution in [2.45, 2.75) is 20.3 Å². The molecule has 0 aliphatic carbocycles. The number of hydrogen-bond acceptors (Lipinski definition) is 4. The molecule has 1 saturated heterocycles. The van der Waals surface area contributed by atoms with Gasteiger partial charge in [0, 0.05) is 39.3 Å². The minimum absolute atomic E-state index is 0.581. The van der Waals surface area contributed by atoms with Gasteiger partial charge in [0.05, 0.1) is 33.0 Å². The quantitative estimate of drug-likeness (QED) is 0.370. The number of hydrogen-bond donors (Lipinski definition) is 1. The van der Waals surface area contributed by atoms with Gasteiger partial charge in [0.15, 0.2) is 5.96 Å². The van der Waals surface area contributed by atoms with E-state index in [0.717, 1.165) is 45.2 Å². The van der Waals surface area contributed by atoms with Crippen molar-refractivity contribution in [2.24, 2.45) is 10.9 Å². The lowest BCUT2D eigenvalue weighted by molar-refractivity contribution is 0.0536. The minimum atomic E-state index is 0.581. The maximum atomic E-state index is 5.63. The highest BCUT2D eigenvalue weighted by atomic mass is 16.5. The van der Waals surface area contributed by atoms with Crippen LogP contribution in [0.15, 0.2) is 4.99 Å². The Morgan fingerprint density at radius 1 is 1.24 bits per heavy atom. The number of ether oxygens (including phenoxy) is 3. The molecule has 0 aromatic rings. The first-order valence-electron chi connectivity index (χ1n) is 7.99. The molecule has 1 aliphatic rings. The van der Waals surface area contributed by atoms with Gasteiger partial charge in [-0.15, -0.1) is 0 Å². The molecule has 1 unspecified atom stereocenters. The molecule has 0 radical (unpaired) electrons. The first-order chi connectivity index (χ1) is 10.3. The molecule has 0 amide bonds. The number of methoxy groups -OCH3 is 1. The molecule has 0 aromatic heterocycles. The predicted molar refractivity (Wildman–Crippen MR) is 84.8 cm³/mol. The molecule has 21 heavy (non-hydrogen) atoms.